The molecule has 180 valence electrons. The van der Waals surface area contributed by atoms with Gasteiger partial charge in [0.1, 0.15) is 17.2 Å². The molecule has 9 nitrogen and oxygen atoms in total. The first kappa shape index (κ1) is 22.8. The number of rotatable bonds is 8. The molecule has 0 saturated carbocycles. The molecule has 0 atom stereocenters. The van der Waals surface area contributed by atoms with Crippen LogP contribution in [0.15, 0.2) is 66.2 Å². The van der Waals surface area contributed by atoms with Gasteiger partial charge in [0.2, 0.25) is 5.95 Å². The smallest absolute Gasteiger partial charge is 0.278 e. The van der Waals surface area contributed by atoms with E-state index in [0.717, 1.165) is 30.1 Å². The number of aryl methyl sites for hydroxylation is 1. The molecule has 0 radical (unpaired) electrons. The van der Waals surface area contributed by atoms with Crippen molar-refractivity contribution in [3.8, 4) is 11.6 Å². The van der Waals surface area contributed by atoms with Gasteiger partial charge < -0.3 is 10.1 Å². The molecule has 0 spiro atoms. The third kappa shape index (κ3) is 4.42. The van der Waals surface area contributed by atoms with Crippen molar-refractivity contribution in [2.45, 2.75) is 39.5 Å². The van der Waals surface area contributed by atoms with Gasteiger partial charge in [-0.15, -0.1) is 6.58 Å². The van der Waals surface area contributed by atoms with Crippen LogP contribution in [-0.4, -0.2) is 54.5 Å². The average molecular weight is 472 g/mol. The summed E-state index contributed by atoms with van der Waals surface area (Å²) in [6.45, 7) is 12.4. The quantitative estimate of drug-likeness (QED) is 0.392. The van der Waals surface area contributed by atoms with Crippen LogP contribution in [-0.2, 0) is 6.54 Å². The van der Waals surface area contributed by atoms with E-state index in [2.05, 4.69) is 45.6 Å². The summed E-state index contributed by atoms with van der Waals surface area (Å²) in [6.07, 6.45) is 5.13. The van der Waals surface area contributed by atoms with Gasteiger partial charge in [0, 0.05) is 37.2 Å². The largest absolute Gasteiger partial charge is 0.487 e. The molecule has 1 aliphatic heterocycles. The lowest BCUT2D eigenvalue weighted by Gasteiger charge is -2.41. The minimum Gasteiger partial charge on any atom is -0.487 e. The van der Waals surface area contributed by atoms with Crippen LogP contribution in [0.3, 0.4) is 0 Å². The molecule has 5 rings (SSSR count). The van der Waals surface area contributed by atoms with Gasteiger partial charge in [0.15, 0.2) is 11.5 Å². The summed E-state index contributed by atoms with van der Waals surface area (Å²) in [5.74, 6) is 1.86. The summed E-state index contributed by atoms with van der Waals surface area (Å²) in [5.41, 5.74) is 2.15. The lowest BCUT2D eigenvalue weighted by Crippen LogP contribution is -2.56. The minimum atomic E-state index is -0.193. The van der Waals surface area contributed by atoms with Crippen LogP contribution >= 0.6 is 0 Å². The number of aromatic nitrogens is 5. The Morgan fingerprint density at radius 3 is 2.74 bits per heavy atom. The summed E-state index contributed by atoms with van der Waals surface area (Å²) in [6, 6.07) is 12.0. The van der Waals surface area contributed by atoms with E-state index in [4.69, 9.17) is 4.74 Å². The number of pyridine rings is 1. The fraction of sp³-hybridized carbons (Fsp3) is 0.308. The van der Waals surface area contributed by atoms with Gasteiger partial charge in [-0.05, 0) is 56.7 Å². The molecule has 35 heavy (non-hydrogen) atoms. The molecule has 0 amide bonds. The summed E-state index contributed by atoms with van der Waals surface area (Å²) < 4.78 is 9.42. The number of nitrogens with zero attached hydrogens (tertiary/aromatic N) is 6. The minimum absolute atomic E-state index is 0.193. The molecule has 4 aromatic rings. The van der Waals surface area contributed by atoms with Gasteiger partial charge >= 0.3 is 0 Å². The number of likely N-dealkylation sites (tertiary alicyclic amines) is 1. The molecule has 1 aromatic carbocycles. The van der Waals surface area contributed by atoms with Gasteiger partial charge in [-0.1, -0.05) is 12.1 Å². The second-order valence-electron chi connectivity index (χ2n) is 9.00. The molecule has 1 fully saturated rings. The lowest BCUT2D eigenvalue weighted by atomic mass is 10.1. The zero-order chi connectivity index (χ0) is 24.5. The number of hydrogen-bond donors (Lipinski definition) is 1. The van der Waals surface area contributed by atoms with E-state index in [1.807, 2.05) is 43.3 Å². The van der Waals surface area contributed by atoms with Crippen molar-refractivity contribution in [2.75, 3.05) is 18.4 Å². The molecule has 1 saturated heterocycles. The van der Waals surface area contributed by atoms with Gasteiger partial charge in [-0.3, -0.25) is 9.69 Å². The van der Waals surface area contributed by atoms with Crippen LogP contribution < -0.4 is 15.6 Å². The molecule has 0 unspecified atom stereocenters. The highest BCUT2D eigenvalue weighted by Crippen LogP contribution is 2.27. The molecule has 0 aliphatic carbocycles. The number of benzene rings is 1. The van der Waals surface area contributed by atoms with E-state index in [1.165, 1.54) is 0 Å². The number of nitrogens with one attached hydrogen (secondary N) is 1. The third-order valence-corrected chi connectivity index (χ3v) is 6.18. The third-order valence-electron chi connectivity index (χ3n) is 6.18. The summed E-state index contributed by atoms with van der Waals surface area (Å²) in [4.78, 5) is 28.8. The summed E-state index contributed by atoms with van der Waals surface area (Å²) >= 11 is 0. The summed E-state index contributed by atoms with van der Waals surface area (Å²) in [5, 5.41) is 3.67. The SMILES string of the molecule is C=CCn1c(=O)c2cnc(Nc3ccc(OC4CN(C(C)C)C4)c(C)c3)nc2n1-c1ccccn1. The first-order valence-corrected chi connectivity index (χ1v) is 11.7. The van der Waals surface area contributed by atoms with Crippen molar-refractivity contribution in [3.63, 3.8) is 0 Å². The lowest BCUT2D eigenvalue weighted by molar-refractivity contribution is -0.000188. The normalized spacial score (nSPS) is 14.3. The van der Waals surface area contributed by atoms with Crippen LogP contribution in [0.1, 0.15) is 19.4 Å². The van der Waals surface area contributed by atoms with Gasteiger partial charge in [-0.2, -0.15) is 4.98 Å². The van der Waals surface area contributed by atoms with Gasteiger partial charge in [0.25, 0.3) is 5.56 Å². The number of ether oxygens (including phenoxy) is 1. The fourth-order valence-electron chi connectivity index (χ4n) is 4.22. The number of anilines is 2. The predicted molar refractivity (Wildman–Crippen MR) is 137 cm³/mol. The van der Waals surface area contributed by atoms with E-state index < -0.39 is 0 Å². The Bertz CT molecular complexity index is 1420. The first-order chi connectivity index (χ1) is 16.9. The van der Waals surface area contributed by atoms with Crippen LogP contribution in [0.5, 0.6) is 5.75 Å². The Kier molecular flexibility index (Phi) is 6.08. The molecule has 4 heterocycles. The van der Waals surface area contributed by atoms with Crippen LogP contribution in [0.25, 0.3) is 16.9 Å². The number of hydrogen-bond acceptors (Lipinski definition) is 7. The van der Waals surface area contributed by atoms with Crippen molar-refractivity contribution in [1.29, 1.82) is 0 Å². The zero-order valence-corrected chi connectivity index (χ0v) is 20.2. The van der Waals surface area contributed by atoms with Crippen LogP contribution in [0.2, 0.25) is 0 Å². The van der Waals surface area contributed by atoms with Gasteiger partial charge in [0.05, 0.1) is 6.54 Å². The molecule has 3 aromatic heterocycles. The van der Waals surface area contributed by atoms with Crippen LogP contribution in [0, 0.1) is 6.92 Å². The zero-order valence-electron chi connectivity index (χ0n) is 20.2. The Hall–Kier alpha value is -3.98. The Morgan fingerprint density at radius 2 is 2.06 bits per heavy atom. The van der Waals surface area contributed by atoms with Crippen LogP contribution in [0.4, 0.5) is 11.6 Å². The highest BCUT2D eigenvalue weighted by atomic mass is 16.5. The van der Waals surface area contributed by atoms with Crippen molar-refractivity contribution in [1.82, 2.24) is 29.2 Å². The molecule has 1 N–H and O–H groups in total. The second-order valence-corrected chi connectivity index (χ2v) is 9.00. The average Bonchev–Trinajstić information content (AvgIpc) is 3.08. The number of allylic oxidation sites excluding steroid dienone is 1. The molecule has 9 heteroatoms. The topological polar surface area (TPSA) is 90.1 Å². The van der Waals surface area contributed by atoms with E-state index in [1.54, 1.807) is 27.8 Å². The molecule has 0 bridgehead atoms. The van der Waals surface area contributed by atoms with Gasteiger partial charge in [-0.25, -0.2) is 19.3 Å². The van der Waals surface area contributed by atoms with Crippen molar-refractivity contribution >= 4 is 22.7 Å². The fourth-order valence-corrected chi connectivity index (χ4v) is 4.22. The Labute approximate surface area is 203 Å². The number of fused-ring (bicyclic) bond motifs is 1. The van der Waals surface area contributed by atoms with Crippen molar-refractivity contribution in [3.05, 3.63) is 77.4 Å². The molecular weight excluding hydrogens is 442 g/mol. The van der Waals surface area contributed by atoms with E-state index >= 15 is 0 Å². The molecular formula is C26H29N7O2. The van der Waals surface area contributed by atoms with E-state index in [9.17, 15) is 4.79 Å². The Morgan fingerprint density at radius 1 is 1.23 bits per heavy atom. The predicted octanol–water partition coefficient (Wildman–Crippen LogP) is 3.69. The Balaban J connectivity index is 1.41. The van der Waals surface area contributed by atoms with E-state index in [-0.39, 0.29) is 11.7 Å². The van der Waals surface area contributed by atoms with E-state index in [0.29, 0.717) is 35.4 Å². The highest BCUT2D eigenvalue weighted by molar-refractivity contribution is 5.77. The van der Waals surface area contributed by atoms with Crippen molar-refractivity contribution < 1.29 is 4.74 Å². The second kappa shape index (κ2) is 9.34. The first-order valence-electron chi connectivity index (χ1n) is 11.7. The maximum atomic E-state index is 13.0. The summed E-state index contributed by atoms with van der Waals surface area (Å²) in [7, 11) is 0. The maximum Gasteiger partial charge on any atom is 0.278 e. The highest BCUT2D eigenvalue weighted by Gasteiger charge is 2.30. The van der Waals surface area contributed by atoms with Crippen molar-refractivity contribution in [2.24, 2.45) is 0 Å². The molecule has 1 aliphatic rings. The monoisotopic (exact) mass is 471 g/mol. The maximum absolute atomic E-state index is 13.0. The standard InChI is InChI=1S/C26H29N7O2/c1-5-12-32-25(34)21-14-28-26(30-24(21)33(32)23-8-6-7-11-27-23)29-19-9-10-22(18(4)13-19)35-20-15-31(16-20)17(2)3/h5-11,13-14,17,20H,1,12,15-16H2,2-4H3,(H,28,29,30).